The van der Waals surface area contributed by atoms with Crippen molar-refractivity contribution in [1.82, 2.24) is 20.6 Å². The Bertz CT molecular complexity index is 892. The quantitative estimate of drug-likeness (QED) is 0.680. The van der Waals surface area contributed by atoms with Crippen molar-refractivity contribution in [2.24, 2.45) is 5.92 Å². The lowest BCUT2D eigenvalue weighted by Gasteiger charge is -2.33. The molecule has 1 saturated heterocycles. The molecule has 1 atom stereocenters. The van der Waals surface area contributed by atoms with E-state index >= 15 is 0 Å². The lowest BCUT2D eigenvalue weighted by molar-refractivity contribution is -0.125. The minimum Gasteiger partial charge on any atom is -0.444 e. The van der Waals surface area contributed by atoms with Crippen molar-refractivity contribution in [2.45, 2.75) is 52.6 Å². The van der Waals surface area contributed by atoms with E-state index in [2.05, 4.69) is 38.5 Å². The van der Waals surface area contributed by atoms with E-state index in [0.717, 1.165) is 41.8 Å². The molecule has 3 rings (SSSR count). The van der Waals surface area contributed by atoms with Gasteiger partial charge in [0.1, 0.15) is 22.6 Å². The molecule has 2 aromatic heterocycles. The Morgan fingerprint density at radius 3 is 2.77 bits per heavy atom. The molecule has 1 fully saturated rings. The summed E-state index contributed by atoms with van der Waals surface area (Å²) in [5, 5.41) is 6.66. The molecule has 8 nitrogen and oxygen atoms in total. The molecule has 2 amide bonds. The number of fused-ring (bicyclic) bond motifs is 1. The second-order valence-electron chi connectivity index (χ2n) is 8.49. The van der Waals surface area contributed by atoms with Crippen molar-refractivity contribution in [2.75, 3.05) is 31.1 Å². The smallest absolute Gasteiger partial charge is 0.407 e. The van der Waals surface area contributed by atoms with Gasteiger partial charge in [-0.2, -0.15) is 0 Å². The van der Waals surface area contributed by atoms with E-state index in [1.54, 1.807) is 17.7 Å². The molecule has 0 spiro atoms. The average molecular weight is 434 g/mol. The number of thiophene rings is 1. The monoisotopic (exact) mass is 433 g/mol. The molecule has 0 aliphatic carbocycles. The number of carbonyl (C=O) groups is 2. The summed E-state index contributed by atoms with van der Waals surface area (Å²) in [5.41, 5.74) is -0.536. The molecule has 9 heteroatoms. The summed E-state index contributed by atoms with van der Waals surface area (Å²) in [4.78, 5) is 37.7. The highest BCUT2D eigenvalue weighted by molar-refractivity contribution is 7.18. The Balaban J connectivity index is 1.53. The van der Waals surface area contributed by atoms with Crippen molar-refractivity contribution in [3.63, 3.8) is 0 Å². The summed E-state index contributed by atoms with van der Waals surface area (Å²) in [5.74, 6) is 0.824. The maximum absolute atomic E-state index is 12.7. The van der Waals surface area contributed by atoms with Gasteiger partial charge in [-0.25, -0.2) is 14.8 Å². The third kappa shape index (κ3) is 5.81. The lowest BCUT2D eigenvalue weighted by atomic mass is 9.97. The number of piperidine rings is 1. The molecule has 1 aliphatic heterocycles. The predicted octanol–water partition coefficient (Wildman–Crippen LogP) is 3.11. The SMILES string of the molecule is CCc1cc2c(N3CCCC(C(=O)NCCNC(=O)OC(C)(C)C)C3)ncnc2s1. The molecule has 0 aromatic carbocycles. The first-order valence-corrected chi connectivity index (χ1v) is 11.3. The standard InChI is InChI=1S/C21H31N5O3S/c1-5-15-11-16-17(24-13-25-19(16)30-15)26-10-6-7-14(12-26)18(27)22-8-9-23-20(28)29-21(2,3)4/h11,13-14H,5-10,12H2,1-4H3,(H,22,27)(H,23,28). The third-order valence-corrected chi connectivity index (χ3v) is 6.08. The van der Waals surface area contributed by atoms with Crippen LogP contribution in [0.2, 0.25) is 0 Å². The molecular formula is C21H31N5O3S. The number of aromatic nitrogens is 2. The summed E-state index contributed by atoms with van der Waals surface area (Å²) in [7, 11) is 0. The zero-order valence-corrected chi connectivity index (χ0v) is 19.0. The summed E-state index contributed by atoms with van der Waals surface area (Å²) in [6, 6.07) is 2.17. The van der Waals surface area contributed by atoms with Gasteiger partial charge in [0.05, 0.1) is 11.3 Å². The second-order valence-corrected chi connectivity index (χ2v) is 9.60. The maximum atomic E-state index is 12.7. The normalized spacial score (nSPS) is 17.1. The van der Waals surface area contributed by atoms with E-state index in [0.29, 0.717) is 19.6 Å². The molecule has 0 radical (unpaired) electrons. The van der Waals surface area contributed by atoms with Gasteiger partial charge in [0.15, 0.2) is 0 Å². The maximum Gasteiger partial charge on any atom is 0.407 e. The highest BCUT2D eigenvalue weighted by atomic mass is 32.1. The zero-order chi connectivity index (χ0) is 21.7. The van der Waals surface area contributed by atoms with Gasteiger partial charge in [-0.15, -0.1) is 11.3 Å². The van der Waals surface area contributed by atoms with Crippen molar-refractivity contribution >= 4 is 39.4 Å². The Hall–Kier alpha value is -2.42. The fourth-order valence-electron chi connectivity index (χ4n) is 3.51. The number of hydrogen-bond donors (Lipinski definition) is 2. The van der Waals surface area contributed by atoms with Crippen LogP contribution >= 0.6 is 11.3 Å². The summed E-state index contributed by atoms with van der Waals surface area (Å²) in [6.45, 7) is 9.79. The van der Waals surface area contributed by atoms with Gasteiger partial charge in [-0.3, -0.25) is 4.79 Å². The topological polar surface area (TPSA) is 96.5 Å². The van der Waals surface area contributed by atoms with Gasteiger partial charge < -0.3 is 20.3 Å². The van der Waals surface area contributed by atoms with Crippen molar-refractivity contribution < 1.29 is 14.3 Å². The summed E-state index contributed by atoms with van der Waals surface area (Å²) < 4.78 is 5.19. The lowest BCUT2D eigenvalue weighted by Crippen LogP contribution is -2.45. The van der Waals surface area contributed by atoms with E-state index in [4.69, 9.17) is 4.74 Å². The molecule has 0 saturated carbocycles. The van der Waals surface area contributed by atoms with Gasteiger partial charge in [0.2, 0.25) is 5.91 Å². The number of hydrogen-bond acceptors (Lipinski definition) is 7. The van der Waals surface area contributed by atoms with Crippen LogP contribution in [0.4, 0.5) is 10.6 Å². The van der Waals surface area contributed by atoms with Gasteiger partial charge in [-0.1, -0.05) is 6.92 Å². The number of nitrogens with zero attached hydrogens (tertiary/aromatic N) is 3. The van der Waals surface area contributed by atoms with Gasteiger partial charge in [0, 0.05) is 31.1 Å². The van der Waals surface area contributed by atoms with Crippen LogP contribution in [0.3, 0.4) is 0 Å². The number of nitrogens with one attached hydrogen (secondary N) is 2. The van der Waals surface area contributed by atoms with E-state index < -0.39 is 11.7 Å². The van der Waals surface area contributed by atoms with Crippen LogP contribution < -0.4 is 15.5 Å². The van der Waals surface area contributed by atoms with Gasteiger partial charge >= 0.3 is 6.09 Å². The average Bonchev–Trinajstić information content (AvgIpc) is 3.13. The number of ether oxygens (including phenoxy) is 1. The number of amides is 2. The van der Waals surface area contributed by atoms with Crippen LogP contribution in [0.5, 0.6) is 0 Å². The Morgan fingerprint density at radius 1 is 1.27 bits per heavy atom. The Morgan fingerprint density at radius 2 is 2.03 bits per heavy atom. The van der Waals surface area contributed by atoms with E-state index in [1.165, 1.54) is 4.88 Å². The summed E-state index contributed by atoms with van der Waals surface area (Å²) >= 11 is 1.70. The number of aryl methyl sites for hydroxylation is 1. The van der Waals surface area contributed by atoms with Crippen LogP contribution in [0, 0.1) is 5.92 Å². The highest BCUT2D eigenvalue weighted by Crippen LogP contribution is 2.32. The van der Waals surface area contributed by atoms with Crippen LogP contribution in [0.15, 0.2) is 12.4 Å². The number of rotatable bonds is 6. The first kappa shape index (κ1) is 22.3. The van der Waals surface area contributed by atoms with Crippen LogP contribution in [-0.4, -0.2) is 53.7 Å². The molecule has 164 valence electrons. The van der Waals surface area contributed by atoms with E-state index in [9.17, 15) is 9.59 Å². The molecule has 3 heterocycles. The van der Waals surface area contributed by atoms with E-state index in [1.807, 2.05) is 20.8 Å². The first-order valence-electron chi connectivity index (χ1n) is 10.5. The summed E-state index contributed by atoms with van der Waals surface area (Å²) in [6.07, 6.45) is 3.89. The fraction of sp³-hybridized carbons (Fsp3) is 0.619. The number of alkyl carbamates (subject to hydrolysis) is 1. The van der Waals surface area contributed by atoms with Crippen LogP contribution in [0.25, 0.3) is 10.2 Å². The third-order valence-electron chi connectivity index (χ3n) is 4.89. The molecule has 30 heavy (non-hydrogen) atoms. The minimum atomic E-state index is -0.536. The van der Waals surface area contributed by atoms with Crippen molar-refractivity contribution in [3.8, 4) is 0 Å². The minimum absolute atomic E-state index is 0.00977. The molecule has 2 aromatic rings. The van der Waals surface area contributed by atoms with Crippen molar-refractivity contribution in [3.05, 3.63) is 17.3 Å². The molecule has 2 N–H and O–H groups in total. The molecule has 1 unspecified atom stereocenters. The van der Waals surface area contributed by atoms with Gasteiger partial charge in [0.25, 0.3) is 0 Å². The Kier molecular flexibility index (Phi) is 7.12. The molecule has 0 bridgehead atoms. The molecule has 1 aliphatic rings. The predicted molar refractivity (Wildman–Crippen MR) is 119 cm³/mol. The fourth-order valence-corrected chi connectivity index (χ4v) is 4.44. The van der Waals surface area contributed by atoms with Crippen LogP contribution in [-0.2, 0) is 16.0 Å². The first-order chi connectivity index (χ1) is 14.3. The largest absolute Gasteiger partial charge is 0.444 e. The molecular weight excluding hydrogens is 402 g/mol. The van der Waals surface area contributed by atoms with Crippen molar-refractivity contribution in [1.29, 1.82) is 0 Å². The zero-order valence-electron chi connectivity index (χ0n) is 18.2. The van der Waals surface area contributed by atoms with Gasteiger partial charge in [-0.05, 0) is 46.1 Å². The second kappa shape index (κ2) is 9.59. The Labute approximate surface area is 181 Å². The van der Waals surface area contributed by atoms with Crippen LogP contribution in [0.1, 0.15) is 45.4 Å². The number of anilines is 1. The highest BCUT2D eigenvalue weighted by Gasteiger charge is 2.27. The number of carbonyl (C=O) groups excluding carboxylic acids is 2. The van der Waals surface area contributed by atoms with E-state index in [-0.39, 0.29) is 11.8 Å².